The predicted molar refractivity (Wildman–Crippen MR) is 220 cm³/mol. The number of para-hydroxylation sites is 1. The summed E-state index contributed by atoms with van der Waals surface area (Å²) in [5.74, 6) is 0.495. The van der Waals surface area contributed by atoms with Crippen molar-refractivity contribution in [2.75, 3.05) is 30.1 Å². The summed E-state index contributed by atoms with van der Waals surface area (Å²) in [4.78, 5) is 31.9. The van der Waals surface area contributed by atoms with Gasteiger partial charge < -0.3 is 24.4 Å². The van der Waals surface area contributed by atoms with Gasteiger partial charge in [-0.25, -0.2) is 0 Å². The lowest BCUT2D eigenvalue weighted by Crippen LogP contribution is -2.51. The topological polar surface area (TPSA) is 110 Å². The van der Waals surface area contributed by atoms with E-state index in [4.69, 9.17) is 9.47 Å². The highest BCUT2D eigenvalue weighted by Gasteiger charge is 2.66. The van der Waals surface area contributed by atoms with Crippen molar-refractivity contribution in [1.29, 1.82) is 0 Å². The summed E-state index contributed by atoms with van der Waals surface area (Å²) in [5, 5.41) is 20.6. The first-order chi connectivity index (χ1) is 27.1. The molecule has 290 valence electrons. The number of fused-ring (bicyclic) bond motifs is 2. The zero-order valence-corrected chi connectivity index (χ0v) is 33.7. The number of piperidine rings is 1. The quantitative estimate of drug-likeness (QED) is 0.139. The van der Waals surface area contributed by atoms with Crippen molar-refractivity contribution in [3.05, 3.63) is 132 Å². The average Bonchev–Trinajstić information content (AvgIpc) is 3.88. The second-order valence-corrected chi connectivity index (χ2v) is 20.8. The van der Waals surface area contributed by atoms with Crippen LogP contribution in [0, 0.1) is 5.92 Å². The normalized spacial score (nSPS) is 22.8. The molecule has 2 fully saturated rings. The van der Waals surface area contributed by atoms with Crippen LogP contribution in [0.4, 0.5) is 11.4 Å². The molecule has 4 aromatic carbocycles. The van der Waals surface area contributed by atoms with Crippen LogP contribution in [0.2, 0.25) is 18.6 Å². The molecule has 3 aliphatic heterocycles. The highest BCUT2D eigenvalue weighted by Crippen LogP contribution is 2.60. The Bertz CT molecular complexity index is 2190. The van der Waals surface area contributed by atoms with Crippen molar-refractivity contribution < 1.29 is 24.2 Å². The number of amides is 2. The zero-order chi connectivity index (χ0) is 39.0. The molecule has 11 heteroatoms. The SMILES string of the molecule is COc1ccc([Si](C)(C)[C@@H]2[C@@H](CCn3cc(C(CO)c4ccccc4)nn3)O[C@]3(C(=O)N(Cc4cccc(N5CCCCC5=O)c4)c4ccccc43)[C@H]2C)cc1. The van der Waals surface area contributed by atoms with E-state index in [2.05, 4.69) is 54.6 Å². The van der Waals surface area contributed by atoms with E-state index in [1.165, 1.54) is 5.19 Å². The predicted octanol–water partition coefficient (Wildman–Crippen LogP) is 6.78. The molecule has 5 aromatic rings. The molecular formula is C45H51N5O5Si. The van der Waals surface area contributed by atoms with Crippen molar-refractivity contribution >= 4 is 36.4 Å². The number of nitrogens with zero attached hydrogens (tertiary/aromatic N) is 5. The average molecular weight is 770 g/mol. The molecule has 1 N–H and O–H groups in total. The molecule has 0 saturated carbocycles. The van der Waals surface area contributed by atoms with Crippen LogP contribution in [-0.2, 0) is 33.0 Å². The maximum Gasteiger partial charge on any atom is 0.264 e. The summed E-state index contributed by atoms with van der Waals surface area (Å²) in [6.45, 7) is 8.54. The van der Waals surface area contributed by atoms with E-state index in [1.807, 2.05) is 99.5 Å². The third-order valence-corrected chi connectivity index (χ3v) is 16.9. The van der Waals surface area contributed by atoms with Crippen LogP contribution in [0.1, 0.15) is 60.9 Å². The molecule has 1 spiro atoms. The van der Waals surface area contributed by atoms with Crippen LogP contribution >= 0.6 is 0 Å². The summed E-state index contributed by atoms with van der Waals surface area (Å²) in [6.07, 6.45) is 4.77. The lowest BCUT2D eigenvalue weighted by molar-refractivity contribution is -0.146. The van der Waals surface area contributed by atoms with E-state index >= 15 is 4.79 Å². The van der Waals surface area contributed by atoms with E-state index in [0.717, 1.165) is 46.7 Å². The largest absolute Gasteiger partial charge is 0.497 e. The fourth-order valence-electron chi connectivity index (χ4n) is 9.68. The summed E-state index contributed by atoms with van der Waals surface area (Å²) in [7, 11) is -0.669. The van der Waals surface area contributed by atoms with Crippen molar-refractivity contribution in [3.8, 4) is 5.75 Å². The maximum absolute atomic E-state index is 15.3. The van der Waals surface area contributed by atoms with E-state index in [0.29, 0.717) is 38.2 Å². The van der Waals surface area contributed by atoms with Crippen molar-refractivity contribution in [3.63, 3.8) is 0 Å². The fourth-order valence-corrected chi connectivity index (χ4v) is 13.7. The van der Waals surface area contributed by atoms with Gasteiger partial charge in [0.25, 0.3) is 5.91 Å². The fraction of sp³-hybridized carbons (Fsp3) is 0.378. The smallest absolute Gasteiger partial charge is 0.264 e. The Morgan fingerprint density at radius 2 is 1.73 bits per heavy atom. The first-order valence-electron chi connectivity index (χ1n) is 19.8. The Labute approximate surface area is 330 Å². The van der Waals surface area contributed by atoms with Crippen molar-refractivity contribution in [2.45, 2.75) is 82.0 Å². The standard InChI is InChI=1S/C45H51N5O5Si/c1-31-43(56(3,4)36-22-20-35(54-2)21-23-36)41(24-26-48-29-39(46-47-48)37(30-51)33-14-6-5-7-15-33)55-45(31)38-17-8-9-18-40(38)50(44(45)53)28-32-13-12-16-34(27-32)49-25-11-10-19-42(49)52/h5-9,12-18,20-23,27,29,31,37,41,43,51H,10-11,19,24-26,28,30H2,1-4H3/t31-,37?,41+,43-,45+/m0/s1. The number of aliphatic hydroxyl groups is 1. The van der Waals surface area contributed by atoms with Crippen molar-refractivity contribution in [2.24, 2.45) is 5.92 Å². The number of hydrogen-bond donors (Lipinski definition) is 1. The third-order valence-electron chi connectivity index (χ3n) is 12.6. The number of carbonyl (C=O) groups excluding carboxylic acids is 2. The summed E-state index contributed by atoms with van der Waals surface area (Å²) >= 11 is 0. The number of hydrogen-bond acceptors (Lipinski definition) is 7. The Morgan fingerprint density at radius 3 is 2.48 bits per heavy atom. The van der Waals surface area contributed by atoms with Crippen molar-refractivity contribution in [1.82, 2.24) is 15.0 Å². The molecule has 5 atom stereocenters. The molecule has 4 heterocycles. The molecule has 0 bridgehead atoms. The Kier molecular flexibility index (Phi) is 10.4. The van der Waals surface area contributed by atoms with Gasteiger partial charge in [-0.2, -0.15) is 0 Å². The summed E-state index contributed by atoms with van der Waals surface area (Å²) in [6, 6.07) is 34.4. The maximum atomic E-state index is 15.3. The molecule has 10 nitrogen and oxygen atoms in total. The van der Waals surface area contributed by atoms with Gasteiger partial charge in [-0.3, -0.25) is 14.3 Å². The third kappa shape index (κ3) is 6.65. The number of benzene rings is 4. The Morgan fingerprint density at radius 1 is 0.964 bits per heavy atom. The molecule has 8 rings (SSSR count). The number of aryl methyl sites for hydroxylation is 1. The first kappa shape index (κ1) is 37.8. The summed E-state index contributed by atoms with van der Waals surface area (Å²) in [5.41, 5.74) is 4.21. The van der Waals surface area contributed by atoms with Crippen LogP contribution in [0.5, 0.6) is 5.75 Å². The Hall–Kier alpha value is -5.10. The monoisotopic (exact) mass is 769 g/mol. The minimum Gasteiger partial charge on any atom is -0.497 e. The van der Waals surface area contributed by atoms with Gasteiger partial charge in [0.2, 0.25) is 5.91 Å². The van der Waals surface area contributed by atoms with E-state index < -0.39 is 13.7 Å². The van der Waals surface area contributed by atoms with E-state index in [1.54, 1.807) is 7.11 Å². The highest BCUT2D eigenvalue weighted by atomic mass is 28.3. The number of ether oxygens (including phenoxy) is 2. The molecular weight excluding hydrogens is 719 g/mol. The van der Waals surface area contributed by atoms with Crippen LogP contribution in [0.25, 0.3) is 0 Å². The van der Waals surface area contributed by atoms with E-state index in [-0.39, 0.29) is 41.9 Å². The van der Waals surface area contributed by atoms with Gasteiger partial charge in [0, 0.05) is 42.9 Å². The molecule has 2 amide bonds. The second-order valence-electron chi connectivity index (χ2n) is 16.1. The number of carbonyl (C=O) groups is 2. The molecule has 0 aliphatic carbocycles. The minimum atomic E-state index is -2.35. The number of rotatable bonds is 12. The molecule has 56 heavy (non-hydrogen) atoms. The molecule has 3 aliphatic rings. The number of aromatic nitrogens is 3. The highest BCUT2D eigenvalue weighted by molar-refractivity contribution is 6.91. The lowest BCUT2D eigenvalue weighted by atomic mass is 9.82. The molecule has 2 saturated heterocycles. The van der Waals surface area contributed by atoms with Gasteiger partial charge >= 0.3 is 0 Å². The van der Waals surface area contributed by atoms with Gasteiger partial charge in [0.15, 0.2) is 5.60 Å². The lowest BCUT2D eigenvalue weighted by Gasteiger charge is -2.37. The zero-order valence-electron chi connectivity index (χ0n) is 32.7. The number of anilines is 2. The Balaban J connectivity index is 1.13. The number of methoxy groups -OCH3 is 1. The van der Waals surface area contributed by atoms with Gasteiger partial charge in [-0.1, -0.05) is 103 Å². The molecule has 0 radical (unpaired) electrons. The second kappa shape index (κ2) is 15.4. The van der Waals surface area contributed by atoms with Gasteiger partial charge in [0.1, 0.15) is 5.75 Å². The molecule has 1 aromatic heterocycles. The van der Waals surface area contributed by atoms with E-state index in [9.17, 15) is 9.90 Å². The summed E-state index contributed by atoms with van der Waals surface area (Å²) < 4.78 is 14.7. The van der Waals surface area contributed by atoms with Crippen LogP contribution in [0.15, 0.2) is 109 Å². The van der Waals surface area contributed by atoms with Gasteiger partial charge in [-0.05, 0) is 66.3 Å². The van der Waals surface area contributed by atoms with Gasteiger partial charge in [0.05, 0.1) is 51.7 Å². The minimum absolute atomic E-state index is 0.0469. The van der Waals surface area contributed by atoms with Crippen LogP contribution in [0.3, 0.4) is 0 Å². The number of aliphatic hydroxyl groups excluding tert-OH is 1. The van der Waals surface area contributed by atoms with Crippen LogP contribution in [-0.4, -0.2) is 66.4 Å². The van der Waals surface area contributed by atoms with Gasteiger partial charge in [-0.15, -0.1) is 5.10 Å². The van der Waals surface area contributed by atoms with Crippen LogP contribution < -0.4 is 19.7 Å². The molecule has 1 unspecified atom stereocenters. The first-order valence-corrected chi connectivity index (χ1v) is 22.9.